The summed E-state index contributed by atoms with van der Waals surface area (Å²) in [5.74, 6) is 0.783. The molecule has 27 heavy (non-hydrogen) atoms. The number of hydrogen-bond acceptors (Lipinski definition) is 4. The van der Waals surface area contributed by atoms with Crippen molar-refractivity contribution in [2.75, 3.05) is 6.54 Å². The molecule has 0 atom stereocenters. The average Bonchev–Trinajstić information content (AvgIpc) is 2.89. The Hall–Kier alpha value is -2.77. The van der Waals surface area contributed by atoms with Gasteiger partial charge in [0.2, 0.25) is 10.0 Å². The van der Waals surface area contributed by atoms with E-state index in [0.717, 1.165) is 35.2 Å². The molecule has 3 heterocycles. The molecule has 5 rings (SSSR count). The molecule has 6 nitrogen and oxygen atoms in total. The molecule has 0 saturated heterocycles. The molecule has 0 unspecified atom stereocenters. The van der Waals surface area contributed by atoms with Crippen LogP contribution in [0.2, 0.25) is 0 Å². The summed E-state index contributed by atoms with van der Waals surface area (Å²) >= 11 is 0. The second-order valence-corrected chi connectivity index (χ2v) is 8.60. The quantitative estimate of drug-likeness (QED) is 0.537. The molecule has 4 aromatic rings. The number of fused-ring (bicyclic) bond motifs is 4. The first-order valence-electron chi connectivity index (χ1n) is 8.93. The van der Waals surface area contributed by atoms with Crippen LogP contribution in [-0.4, -0.2) is 33.8 Å². The van der Waals surface area contributed by atoms with E-state index in [4.69, 9.17) is 0 Å². The summed E-state index contributed by atoms with van der Waals surface area (Å²) in [6.07, 6.45) is 2.37. The largest absolute Gasteiger partial charge is 0.327 e. The SMILES string of the molecule is O=S(=O)(c1cccc2cccnc12)N1CCCn2c(nc3ccccc32)C1. The Morgan fingerprint density at radius 2 is 1.78 bits per heavy atom. The van der Waals surface area contributed by atoms with Crippen LogP contribution in [0, 0.1) is 0 Å². The van der Waals surface area contributed by atoms with Gasteiger partial charge in [-0.25, -0.2) is 13.4 Å². The molecule has 0 aliphatic carbocycles. The molecule has 0 N–H and O–H groups in total. The molecule has 0 fully saturated rings. The third-order valence-electron chi connectivity index (χ3n) is 5.05. The first-order valence-corrected chi connectivity index (χ1v) is 10.4. The minimum absolute atomic E-state index is 0.255. The summed E-state index contributed by atoms with van der Waals surface area (Å²) < 4.78 is 30.5. The summed E-state index contributed by atoms with van der Waals surface area (Å²) in [6.45, 7) is 1.49. The molecular formula is C20H18N4O2S. The number of pyridine rings is 1. The predicted molar refractivity (Wildman–Crippen MR) is 104 cm³/mol. The van der Waals surface area contributed by atoms with Crippen molar-refractivity contribution in [1.82, 2.24) is 18.8 Å². The van der Waals surface area contributed by atoms with Crippen LogP contribution in [-0.2, 0) is 23.1 Å². The van der Waals surface area contributed by atoms with Gasteiger partial charge in [-0.1, -0.05) is 30.3 Å². The zero-order chi connectivity index (χ0) is 18.4. The molecule has 0 spiro atoms. The molecule has 0 radical (unpaired) electrons. The van der Waals surface area contributed by atoms with Gasteiger partial charge in [0.05, 0.1) is 23.1 Å². The molecule has 2 aromatic heterocycles. The number of benzene rings is 2. The lowest BCUT2D eigenvalue weighted by Crippen LogP contribution is -2.31. The minimum Gasteiger partial charge on any atom is -0.327 e. The van der Waals surface area contributed by atoms with E-state index in [1.165, 1.54) is 4.31 Å². The summed E-state index contributed by atoms with van der Waals surface area (Å²) in [7, 11) is -3.67. The van der Waals surface area contributed by atoms with E-state index < -0.39 is 10.0 Å². The van der Waals surface area contributed by atoms with Crippen molar-refractivity contribution in [3.8, 4) is 0 Å². The lowest BCUT2D eigenvalue weighted by Gasteiger charge is -2.20. The van der Waals surface area contributed by atoms with E-state index in [0.29, 0.717) is 12.1 Å². The summed E-state index contributed by atoms with van der Waals surface area (Å²) in [5, 5.41) is 0.820. The van der Waals surface area contributed by atoms with Gasteiger partial charge in [0.1, 0.15) is 10.7 Å². The fourth-order valence-corrected chi connectivity index (χ4v) is 5.36. The van der Waals surface area contributed by atoms with E-state index >= 15 is 0 Å². The van der Waals surface area contributed by atoms with Gasteiger partial charge in [0.15, 0.2) is 0 Å². The van der Waals surface area contributed by atoms with Gasteiger partial charge in [-0.05, 0) is 30.7 Å². The standard InChI is InChI=1S/C20H18N4O2S/c25-27(26,18-10-3-6-15-7-4-11-21-20(15)18)23-12-5-13-24-17-9-2-1-8-16(17)22-19(24)14-23/h1-4,6-11H,5,12-14H2. The van der Waals surface area contributed by atoms with E-state index in [1.54, 1.807) is 18.3 Å². The van der Waals surface area contributed by atoms with Gasteiger partial charge < -0.3 is 4.57 Å². The van der Waals surface area contributed by atoms with Crippen molar-refractivity contribution < 1.29 is 8.42 Å². The zero-order valence-electron chi connectivity index (χ0n) is 14.6. The highest BCUT2D eigenvalue weighted by molar-refractivity contribution is 7.89. The third-order valence-corrected chi connectivity index (χ3v) is 6.93. The Morgan fingerprint density at radius 1 is 0.926 bits per heavy atom. The first kappa shape index (κ1) is 16.4. The first-order chi connectivity index (χ1) is 13.1. The van der Waals surface area contributed by atoms with E-state index in [-0.39, 0.29) is 11.4 Å². The smallest absolute Gasteiger partial charge is 0.245 e. The lowest BCUT2D eigenvalue weighted by molar-refractivity contribution is 0.407. The van der Waals surface area contributed by atoms with E-state index in [9.17, 15) is 8.42 Å². The second-order valence-electron chi connectivity index (χ2n) is 6.69. The lowest BCUT2D eigenvalue weighted by atomic mass is 10.2. The van der Waals surface area contributed by atoms with Gasteiger partial charge in [-0.15, -0.1) is 0 Å². The van der Waals surface area contributed by atoms with E-state index in [2.05, 4.69) is 14.5 Å². The van der Waals surface area contributed by atoms with E-state index in [1.807, 2.05) is 42.5 Å². The summed E-state index contributed by atoms with van der Waals surface area (Å²) in [6, 6.07) is 16.9. The number of aryl methyl sites for hydroxylation is 1. The van der Waals surface area contributed by atoms with Crippen molar-refractivity contribution in [3.05, 3.63) is 66.6 Å². The molecule has 2 aromatic carbocycles. The monoisotopic (exact) mass is 378 g/mol. The Morgan fingerprint density at radius 3 is 2.70 bits per heavy atom. The van der Waals surface area contributed by atoms with Crippen molar-refractivity contribution in [2.45, 2.75) is 24.4 Å². The Balaban J connectivity index is 1.61. The van der Waals surface area contributed by atoms with Crippen LogP contribution in [0.25, 0.3) is 21.9 Å². The molecule has 0 saturated carbocycles. The fraction of sp³-hybridized carbons (Fsp3) is 0.200. The molecule has 7 heteroatoms. The van der Waals surface area contributed by atoms with Crippen LogP contribution in [0.5, 0.6) is 0 Å². The maximum Gasteiger partial charge on any atom is 0.245 e. The third kappa shape index (κ3) is 2.62. The van der Waals surface area contributed by atoms with Crippen LogP contribution in [0.3, 0.4) is 0 Å². The second kappa shape index (κ2) is 6.14. The molecule has 1 aliphatic heterocycles. The van der Waals surface area contributed by atoms with Crippen molar-refractivity contribution in [2.24, 2.45) is 0 Å². The van der Waals surface area contributed by atoms with Crippen LogP contribution in [0.15, 0.2) is 65.7 Å². The summed E-state index contributed by atoms with van der Waals surface area (Å²) in [4.78, 5) is 9.25. The highest BCUT2D eigenvalue weighted by Crippen LogP contribution is 2.28. The zero-order valence-corrected chi connectivity index (χ0v) is 15.4. The van der Waals surface area contributed by atoms with Crippen LogP contribution >= 0.6 is 0 Å². The Bertz CT molecular complexity index is 1260. The highest BCUT2D eigenvalue weighted by atomic mass is 32.2. The van der Waals surface area contributed by atoms with Crippen LogP contribution < -0.4 is 0 Å². The van der Waals surface area contributed by atoms with Crippen molar-refractivity contribution in [1.29, 1.82) is 0 Å². The van der Waals surface area contributed by atoms with Crippen LogP contribution in [0.1, 0.15) is 12.2 Å². The van der Waals surface area contributed by atoms with Gasteiger partial charge in [-0.2, -0.15) is 4.31 Å². The Labute approximate surface area is 157 Å². The highest BCUT2D eigenvalue weighted by Gasteiger charge is 2.30. The molecule has 1 aliphatic rings. The molecule has 0 amide bonds. The number of para-hydroxylation sites is 3. The van der Waals surface area contributed by atoms with Gasteiger partial charge >= 0.3 is 0 Å². The topological polar surface area (TPSA) is 68.1 Å². The number of hydrogen-bond donors (Lipinski definition) is 0. The number of imidazole rings is 1. The average molecular weight is 378 g/mol. The van der Waals surface area contributed by atoms with Gasteiger partial charge in [-0.3, -0.25) is 4.98 Å². The molecule has 136 valence electrons. The van der Waals surface area contributed by atoms with Crippen molar-refractivity contribution >= 4 is 32.0 Å². The van der Waals surface area contributed by atoms with Gasteiger partial charge in [0.25, 0.3) is 0 Å². The molecule has 0 bridgehead atoms. The predicted octanol–water partition coefficient (Wildman–Crippen LogP) is 3.18. The maximum absolute atomic E-state index is 13.4. The van der Waals surface area contributed by atoms with Gasteiger partial charge in [0, 0.05) is 24.7 Å². The molecular weight excluding hydrogens is 360 g/mol. The number of aromatic nitrogens is 3. The maximum atomic E-state index is 13.4. The number of sulfonamides is 1. The number of nitrogens with zero attached hydrogens (tertiary/aromatic N) is 4. The minimum atomic E-state index is -3.67. The Kier molecular flexibility index (Phi) is 3.73. The normalized spacial score (nSPS) is 15.7. The summed E-state index contributed by atoms with van der Waals surface area (Å²) in [5.41, 5.74) is 2.47. The fourth-order valence-electron chi connectivity index (χ4n) is 3.77. The number of rotatable bonds is 2. The van der Waals surface area contributed by atoms with Crippen molar-refractivity contribution in [3.63, 3.8) is 0 Å². The van der Waals surface area contributed by atoms with Crippen LogP contribution in [0.4, 0.5) is 0 Å².